The standard InChI is InChI=1S/C22H22FN5O3/c1-14(2)10-11-26-20(30)17-8-3-4-9-18(17)28-21(26)25-27(22(28)31)13-19(29)24-16-7-5-6-15(23)12-16/h3-9,12,14H,10-11,13H2,1-2H3,(H,24,29). The van der Waals surface area contributed by atoms with Crippen LogP contribution in [0.2, 0.25) is 0 Å². The Morgan fingerprint density at radius 1 is 1.13 bits per heavy atom. The highest BCUT2D eigenvalue weighted by Crippen LogP contribution is 2.13. The number of aryl methyl sites for hydroxylation is 1. The quantitative estimate of drug-likeness (QED) is 0.516. The number of nitrogens with one attached hydrogen (secondary N) is 1. The van der Waals surface area contributed by atoms with E-state index in [4.69, 9.17) is 0 Å². The second-order valence-corrected chi connectivity index (χ2v) is 7.79. The first kappa shape index (κ1) is 20.5. The van der Waals surface area contributed by atoms with Gasteiger partial charge >= 0.3 is 5.69 Å². The van der Waals surface area contributed by atoms with Gasteiger partial charge < -0.3 is 5.32 Å². The highest BCUT2D eigenvalue weighted by Gasteiger charge is 2.18. The van der Waals surface area contributed by atoms with E-state index in [9.17, 15) is 18.8 Å². The predicted octanol–water partition coefficient (Wildman–Crippen LogP) is 2.63. The number of fused-ring (bicyclic) bond motifs is 3. The monoisotopic (exact) mass is 423 g/mol. The van der Waals surface area contributed by atoms with Crippen molar-refractivity contribution < 1.29 is 9.18 Å². The maximum absolute atomic E-state index is 13.4. The normalized spacial score (nSPS) is 11.5. The van der Waals surface area contributed by atoms with Crippen molar-refractivity contribution in [1.29, 1.82) is 0 Å². The molecule has 0 bridgehead atoms. The van der Waals surface area contributed by atoms with Gasteiger partial charge in [0, 0.05) is 12.2 Å². The molecule has 0 atom stereocenters. The fourth-order valence-corrected chi connectivity index (χ4v) is 3.46. The number of amides is 1. The first-order chi connectivity index (χ1) is 14.8. The lowest BCUT2D eigenvalue weighted by molar-refractivity contribution is -0.117. The van der Waals surface area contributed by atoms with E-state index in [1.54, 1.807) is 30.3 Å². The molecule has 1 N–H and O–H groups in total. The summed E-state index contributed by atoms with van der Waals surface area (Å²) in [5, 5.41) is 7.25. The third-order valence-electron chi connectivity index (χ3n) is 5.02. The van der Waals surface area contributed by atoms with Gasteiger partial charge in [-0.1, -0.05) is 32.0 Å². The molecule has 8 nitrogen and oxygen atoms in total. The van der Waals surface area contributed by atoms with E-state index in [-0.39, 0.29) is 23.6 Å². The molecule has 4 aromatic rings. The van der Waals surface area contributed by atoms with E-state index >= 15 is 0 Å². The summed E-state index contributed by atoms with van der Waals surface area (Å²) in [4.78, 5) is 38.6. The summed E-state index contributed by atoms with van der Waals surface area (Å²) in [6, 6.07) is 12.3. The molecule has 9 heteroatoms. The smallest absolute Gasteiger partial charge is 0.324 e. The summed E-state index contributed by atoms with van der Waals surface area (Å²) in [6.45, 7) is 4.12. The molecule has 1 amide bonds. The lowest BCUT2D eigenvalue weighted by Crippen LogP contribution is -2.29. The van der Waals surface area contributed by atoms with Gasteiger partial charge in [0.25, 0.3) is 5.56 Å². The van der Waals surface area contributed by atoms with Crippen molar-refractivity contribution in [2.75, 3.05) is 5.32 Å². The van der Waals surface area contributed by atoms with Crippen molar-refractivity contribution in [3.8, 4) is 0 Å². The molecule has 0 fully saturated rings. The van der Waals surface area contributed by atoms with Crippen LogP contribution < -0.4 is 16.6 Å². The molecule has 0 saturated heterocycles. The third-order valence-corrected chi connectivity index (χ3v) is 5.02. The number of carbonyl (C=O) groups is 1. The summed E-state index contributed by atoms with van der Waals surface area (Å²) in [5.41, 5.74) is -0.0461. The van der Waals surface area contributed by atoms with Crippen molar-refractivity contribution in [3.63, 3.8) is 0 Å². The summed E-state index contributed by atoms with van der Waals surface area (Å²) >= 11 is 0. The van der Waals surface area contributed by atoms with Crippen LogP contribution in [0, 0.1) is 11.7 Å². The lowest BCUT2D eigenvalue weighted by atomic mass is 10.1. The molecule has 0 spiro atoms. The maximum atomic E-state index is 13.4. The Kier molecular flexibility index (Phi) is 5.41. The molecule has 0 saturated carbocycles. The van der Waals surface area contributed by atoms with E-state index in [1.165, 1.54) is 27.2 Å². The van der Waals surface area contributed by atoms with Crippen molar-refractivity contribution in [2.24, 2.45) is 5.92 Å². The van der Waals surface area contributed by atoms with Gasteiger partial charge in [0.05, 0.1) is 10.9 Å². The molecular weight excluding hydrogens is 401 g/mol. The van der Waals surface area contributed by atoms with Crippen LogP contribution in [0.1, 0.15) is 20.3 Å². The Hall–Kier alpha value is -3.75. The molecule has 2 heterocycles. The van der Waals surface area contributed by atoms with Crippen LogP contribution in [-0.4, -0.2) is 24.7 Å². The van der Waals surface area contributed by atoms with E-state index in [0.29, 0.717) is 23.4 Å². The summed E-state index contributed by atoms with van der Waals surface area (Å²) in [5.74, 6) is -0.475. The topological polar surface area (TPSA) is 90.4 Å². The van der Waals surface area contributed by atoms with Crippen LogP contribution >= 0.6 is 0 Å². The minimum absolute atomic E-state index is 0.188. The molecular formula is C22H22FN5O3. The lowest BCUT2D eigenvalue weighted by Gasteiger charge is -2.10. The highest BCUT2D eigenvalue weighted by molar-refractivity contribution is 5.90. The van der Waals surface area contributed by atoms with Gasteiger partial charge in [-0.2, -0.15) is 0 Å². The Balaban J connectivity index is 1.79. The van der Waals surface area contributed by atoms with Crippen LogP contribution in [0.25, 0.3) is 16.7 Å². The van der Waals surface area contributed by atoms with E-state index in [2.05, 4.69) is 10.4 Å². The number of aromatic nitrogens is 4. The molecule has 2 aromatic carbocycles. The summed E-state index contributed by atoms with van der Waals surface area (Å²) in [7, 11) is 0. The second-order valence-electron chi connectivity index (χ2n) is 7.79. The second kappa shape index (κ2) is 8.17. The summed E-state index contributed by atoms with van der Waals surface area (Å²) < 4.78 is 17.2. The number of hydrogen-bond donors (Lipinski definition) is 1. The average molecular weight is 423 g/mol. The van der Waals surface area contributed by atoms with Crippen LogP contribution in [0.5, 0.6) is 0 Å². The van der Waals surface area contributed by atoms with Gasteiger partial charge in [0.2, 0.25) is 11.7 Å². The van der Waals surface area contributed by atoms with Crippen molar-refractivity contribution in [2.45, 2.75) is 33.4 Å². The zero-order chi connectivity index (χ0) is 22.1. The number of hydrogen-bond acceptors (Lipinski definition) is 4. The van der Waals surface area contributed by atoms with Gasteiger partial charge in [-0.3, -0.25) is 14.2 Å². The highest BCUT2D eigenvalue weighted by atomic mass is 19.1. The van der Waals surface area contributed by atoms with Crippen LogP contribution in [0.3, 0.4) is 0 Å². The Bertz CT molecular complexity index is 1400. The first-order valence-electron chi connectivity index (χ1n) is 10.0. The molecule has 0 unspecified atom stereocenters. The fourth-order valence-electron chi connectivity index (χ4n) is 3.46. The average Bonchev–Trinajstić information content (AvgIpc) is 3.03. The number of anilines is 1. The summed E-state index contributed by atoms with van der Waals surface area (Å²) in [6.07, 6.45) is 0.731. The number of nitrogens with zero attached hydrogens (tertiary/aromatic N) is 4. The largest absolute Gasteiger partial charge is 0.352 e. The molecule has 31 heavy (non-hydrogen) atoms. The number of rotatable bonds is 6. The van der Waals surface area contributed by atoms with Gasteiger partial charge in [-0.05, 0) is 42.7 Å². The molecule has 0 aliphatic rings. The van der Waals surface area contributed by atoms with Gasteiger partial charge in [0.1, 0.15) is 12.4 Å². The molecule has 0 radical (unpaired) electrons. The van der Waals surface area contributed by atoms with Crippen molar-refractivity contribution >= 4 is 28.3 Å². The van der Waals surface area contributed by atoms with Crippen LogP contribution in [0.4, 0.5) is 10.1 Å². The van der Waals surface area contributed by atoms with Crippen LogP contribution in [-0.2, 0) is 17.9 Å². The van der Waals surface area contributed by atoms with Gasteiger partial charge in [-0.15, -0.1) is 5.10 Å². The Morgan fingerprint density at radius 2 is 1.90 bits per heavy atom. The van der Waals surface area contributed by atoms with Crippen molar-refractivity contribution in [1.82, 2.24) is 18.7 Å². The zero-order valence-corrected chi connectivity index (χ0v) is 17.2. The number of carbonyl (C=O) groups excluding carboxylic acids is 1. The van der Waals surface area contributed by atoms with Crippen molar-refractivity contribution in [3.05, 3.63) is 75.2 Å². The fraction of sp³-hybridized carbons (Fsp3) is 0.273. The molecule has 0 aliphatic carbocycles. The predicted molar refractivity (Wildman–Crippen MR) is 116 cm³/mol. The van der Waals surface area contributed by atoms with Crippen LogP contribution in [0.15, 0.2) is 58.1 Å². The molecule has 0 aliphatic heterocycles. The van der Waals surface area contributed by atoms with E-state index in [1.807, 2.05) is 13.8 Å². The van der Waals surface area contributed by atoms with Gasteiger partial charge in [0.15, 0.2) is 0 Å². The first-order valence-corrected chi connectivity index (χ1v) is 10.0. The minimum Gasteiger partial charge on any atom is -0.324 e. The molecule has 2 aromatic heterocycles. The third kappa shape index (κ3) is 3.98. The molecule has 160 valence electrons. The maximum Gasteiger partial charge on any atom is 0.352 e. The number of benzene rings is 2. The number of halogens is 1. The molecule has 4 rings (SSSR count). The Morgan fingerprint density at radius 3 is 2.65 bits per heavy atom. The minimum atomic E-state index is -0.531. The zero-order valence-electron chi connectivity index (χ0n) is 17.2. The Labute approximate surface area is 176 Å². The SMILES string of the molecule is CC(C)CCn1c(=O)c2ccccc2n2c(=O)n(CC(=O)Nc3cccc(F)c3)nc12. The number of para-hydroxylation sites is 1. The van der Waals surface area contributed by atoms with Gasteiger partial charge in [-0.25, -0.2) is 18.3 Å². The van der Waals surface area contributed by atoms with E-state index < -0.39 is 17.4 Å². The van der Waals surface area contributed by atoms with E-state index in [0.717, 1.165) is 11.1 Å².